The summed E-state index contributed by atoms with van der Waals surface area (Å²) in [5, 5.41) is 6.70. The first-order valence-corrected chi connectivity index (χ1v) is 10.5. The molecule has 7 heteroatoms. The molecule has 0 fully saturated rings. The van der Waals surface area contributed by atoms with Crippen LogP contribution in [0.3, 0.4) is 0 Å². The number of imidazole rings is 1. The molecule has 1 aromatic heterocycles. The van der Waals surface area contributed by atoms with Crippen LogP contribution in [0.5, 0.6) is 11.5 Å². The first kappa shape index (κ1) is 22.2. The molecular weight excluding hydrogens is 390 g/mol. The van der Waals surface area contributed by atoms with E-state index in [-0.39, 0.29) is 0 Å². The van der Waals surface area contributed by atoms with Crippen molar-refractivity contribution in [3.63, 3.8) is 0 Å². The Bertz CT molecular complexity index is 969. The van der Waals surface area contributed by atoms with Gasteiger partial charge in [0.15, 0.2) is 17.5 Å². The van der Waals surface area contributed by atoms with Crippen LogP contribution in [-0.2, 0) is 19.5 Å². The van der Waals surface area contributed by atoms with E-state index >= 15 is 0 Å². The number of benzene rings is 2. The van der Waals surface area contributed by atoms with E-state index in [2.05, 4.69) is 51.4 Å². The summed E-state index contributed by atoms with van der Waals surface area (Å²) in [5.74, 6) is 3.18. The number of methoxy groups -OCH3 is 2. The minimum Gasteiger partial charge on any atom is -0.493 e. The molecule has 0 aliphatic heterocycles. The quantitative estimate of drug-likeness (QED) is 0.388. The summed E-state index contributed by atoms with van der Waals surface area (Å²) in [5.41, 5.74) is 2.41. The SMILES string of the molecule is CCNC(=NCc1nccn1Cc1ccccc1)NCCc1ccc(OC)c(OC)c1. The zero-order chi connectivity index (χ0) is 21.9. The van der Waals surface area contributed by atoms with Crippen molar-refractivity contribution in [3.8, 4) is 11.5 Å². The van der Waals surface area contributed by atoms with Gasteiger partial charge in [-0.15, -0.1) is 0 Å². The Balaban J connectivity index is 1.58. The molecule has 7 nitrogen and oxygen atoms in total. The van der Waals surface area contributed by atoms with Crippen molar-refractivity contribution in [2.45, 2.75) is 26.4 Å². The van der Waals surface area contributed by atoms with E-state index < -0.39 is 0 Å². The molecule has 164 valence electrons. The second-order valence-electron chi connectivity index (χ2n) is 7.02. The molecule has 0 spiro atoms. The van der Waals surface area contributed by atoms with E-state index in [0.29, 0.717) is 6.54 Å². The Morgan fingerprint density at radius 2 is 1.81 bits per heavy atom. The molecule has 1 heterocycles. The number of guanidine groups is 1. The fraction of sp³-hybridized carbons (Fsp3) is 0.333. The van der Waals surface area contributed by atoms with Crippen molar-refractivity contribution in [1.29, 1.82) is 0 Å². The van der Waals surface area contributed by atoms with Gasteiger partial charge in [0.05, 0.1) is 14.2 Å². The lowest BCUT2D eigenvalue weighted by Crippen LogP contribution is -2.38. The maximum Gasteiger partial charge on any atom is 0.191 e. The molecule has 0 aliphatic carbocycles. The van der Waals surface area contributed by atoms with E-state index in [0.717, 1.165) is 49.3 Å². The normalized spacial score (nSPS) is 11.3. The van der Waals surface area contributed by atoms with Gasteiger partial charge in [-0.25, -0.2) is 9.98 Å². The third kappa shape index (κ3) is 6.50. The van der Waals surface area contributed by atoms with Gasteiger partial charge in [-0.2, -0.15) is 0 Å². The van der Waals surface area contributed by atoms with Crippen LogP contribution in [0.25, 0.3) is 0 Å². The molecule has 2 aromatic carbocycles. The molecule has 2 N–H and O–H groups in total. The summed E-state index contributed by atoms with van der Waals surface area (Å²) >= 11 is 0. The second-order valence-corrected chi connectivity index (χ2v) is 7.02. The summed E-state index contributed by atoms with van der Waals surface area (Å²) in [4.78, 5) is 9.20. The van der Waals surface area contributed by atoms with Crippen molar-refractivity contribution in [2.24, 2.45) is 4.99 Å². The van der Waals surface area contributed by atoms with Gasteiger partial charge in [0.1, 0.15) is 12.4 Å². The first-order chi connectivity index (χ1) is 15.2. The van der Waals surface area contributed by atoms with E-state index in [9.17, 15) is 0 Å². The van der Waals surface area contributed by atoms with E-state index in [1.807, 2.05) is 36.7 Å². The summed E-state index contributed by atoms with van der Waals surface area (Å²) in [6.07, 6.45) is 4.66. The van der Waals surface area contributed by atoms with Gasteiger partial charge in [-0.3, -0.25) is 0 Å². The van der Waals surface area contributed by atoms with E-state index in [4.69, 9.17) is 14.5 Å². The van der Waals surface area contributed by atoms with Crippen molar-refractivity contribution < 1.29 is 9.47 Å². The zero-order valence-electron chi connectivity index (χ0n) is 18.5. The highest BCUT2D eigenvalue weighted by Crippen LogP contribution is 2.27. The molecule has 0 saturated carbocycles. The number of rotatable bonds is 10. The van der Waals surface area contributed by atoms with Crippen LogP contribution in [0.2, 0.25) is 0 Å². The third-order valence-electron chi connectivity index (χ3n) is 4.87. The smallest absolute Gasteiger partial charge is 0.191 e. The van der Waals surface area contributed by atoms with Crippen molar-refractivity contribution in [2.75, 3.05) is 27.3 Å². The molecule has 0 saturated heterocycles. The van der Waals surface area contributed by atoms with Crippen LogP contribution in [0.1, 0.15) is 23.9 Å². The Labute approximate surface area is 184 Å². The number of aromatic nitrogens is 2. The van der Waals surface area contributed by atoms with Crippen LogP contribution < -0.4 is 20.1 Å². The summed E-state index contributed by atoms with van der Waals surface area (Å²) in [6.45, 7) is 4.89. The van der Waals surface area contributed by atoms with Crippen LogP contribution in [0.4, 0.5) is 0 Å². The molecule has 0 atom stereocenters. The number of nitrogens with one attached hydrogen (secondary N) is 2. The molecule has 3 rings (SSSR count). The fourth-order valence-electron chi connectivity index (χ4n) is 3.27. The number of ether oxygens (including phenoxy) is 2. The molecule has 0 aliphatic rings. The van der Waals surface area contributed by atoms with Gasteiger partial charge in [0.25, 0.3) is 0 Å². The van der Waals surface area contributed by atoms with Gasteiger partial charge in [-0.05, 0) is 36.6 Å². The number of nitrogens with zero attached hydrogens (tertiary/aromatic N) is 3. The maximum atomic E-state index is 5.39. The van der Waals surface area contributed by atoms with Gasteiger partial charge in [-0.1, -0.05) is 36.4 Å². The molecule has 31 heavy (non-hydrogen) atoms. The second kappa shape index (κ2) is 11.6. The summed E-state index contributed by atoms with van der Waals surface area (Å²) < 4.78 is 12.8. The molecule has 3 aromatic rings. The molecule has 0 unspecified atom stereocenters. The Morgan fingerprint density at radius 3 is 2.55 bits per heavy atom. The van der Waals surface area contributed by atoms with Gasteiger partial charge >= 0.3 is 0 Å². The van der Waals surface area contributed by atoms with Crippen LogP contribution >= 0.6 is 0 Å². The van der Waals surface area contributed by atoms with Gasteiger partial charge in [0.2, 0.25) is 0 Å². The first-order valence-electron chi connectivity index (χ1n) is 10.5. The van der Waals surface area contributed by atoms with Crippen LogP contribution in [0.15, 0.2) is 65.9 Å². The highest BCUT2D eigenvalue weighted by Gasteiger charge is 2.06. The lowest BCUT2D eigenvalue weighted by Gasteiger charge is -2.13. The van der Waals surface area contributed by atoms with Crippen molar-refractivity contribution in [1.82, 2.24) is 20.2 Å². The summed E-state index contributed by atoms with van der Waals surface area (Å²) in [7, 11) is 3.29. The van der Waals surface area contributed by atoms with Gasteiger partial charge < -0.3 is 24.7 Å². The largest absolute Gasteiger partial charge is 0.493 e. The molecule has 0 bridgehead atoms. The standard InChI is InChI=1S/C24H31N5O2/c1-4-25-24(27-13-12-19-10-11-21(30-2)22(16-19)31-3)28-17-23-26-14-15-29(23)18-20-8-6-5-7-9-20/h5-11,14-16H,4,12-13,17-18H2,1-3H3,(H2,25,27,28). The molecule has 0 amide bonds. The monoisotopic (exact) mass is 421 g/mol. The lowest BCUT2D eigenvalue weighted by molar-refractivity contribution is 0.354. The Kier molecular flexibility index (Phi) is 8.34. The minimum atomic E-state index is 0.505. The minimum absolute atomic E-state index is 0.505. The number of aliphatic imine (C=N–C) groups is 1. The highest BCUT2D eigenvalue weighted by atomic mass is 16.5. The van der Waals surface area contributed by atoms with Crippen LogP contribution in [-0.4, -0.2) is 42.8 Å². The maximum absolute atomic E-state index is 5.39. The van der Waals surface area contributed by atoms with Crippen molar-refractivity contribution >= 4 is 5.96 Å². The van der Waals surface area contributed by atoms with Crippen molar-refractivity contribution in [3.05, 3.63) is 77.9 Å². The van der Waals surface area contributed by atoms with E-state index in [1.165, 1.54) is 11.1 Å². The highest BCUT2D eigenvalue weighted by molar-refractivity contribution is 5.79. The van der Waals surface area contributed by atoms with Crippen LogP contribution in [0, 0.1) is 0 Å². The molecular formula is C24H31N5O2. The number of hydrogen-bond acceptors (Lipinski definition) is 4. The number of hydrogen-bond donors (Lipinski definition) is 2. The predicted octanol–water partition coefficient (Wildman–Crippen LogP) is 3.25. The Morgan fingerprint density at radius 1 is 1.00 bits per heavy atom. The van der Waals surface area contributed by atoms with E-state index in [1.54, 1.807) is 14.2 Å². The lowest BCUT2D eigenvalue weighted by atomic mass is 10.1. The van der Waals surface area contributed by atoms with Gasteiger partial charge in [0, 0.05) is 32.0 Å². The Hall–Kier alpha value is -3.48. The average molecular weight is 422 g/mol. The average Bonchev–Trinajstić information content (AvgIpc) is 3.24. The third-order valence-corrected chi connectivity index (χ3v) is 4.87. The predicted molar refractivity (Wildman–Crippen MR) is 124 cm³/mol. The summed E-state index contributed by atoms with van der Waals surface area (Å²) in [6, 6.07) is 16.3. The zero-order valence-corrected chi connectivity index (χ0v) is 18.5. The fourth-order valence-corrected chi connectivity index (χ4v) is 3.27. The molecule has 0 radical (unpaired) electrons. The topological polar surface area (TPSA) is 72.7 Å².